The Morgan fingerprint density at radius 2 is 0.463 bits per heavy atom. The summed E-state index contributed by atoms with van der Waals surface area (Å²) in [6.07, 6.45) is 0. The minimum absolute atomic E-state index is 0.902. The van der Waals surface area contributed by atoms with Crippen molar-refractivity contribution in [2.75, 3.05) is 0 Å². The lowest BCUT2D eigenvalue weighted by molar-refractivity contribution is 0.668. The molecule has 12 aromatic rings. The average Bonchev–Trinajstić information content (AvgIpc) is 3.79. The molecular weight excluding hydrogens is 657 g/mol. The molecular formula is C52H30O2. The molecule has 0 spiro atoms. The zero-order valence-electron chi connectivity index (χ0n) is 29.1. The van der Waals surface area contributed by atoms with Crippen LogP contribution in [0.4, 0.5) is 0 Å². The maximum atomic E-state index is 6.41. The van der Waals surface area contributed by atoms with Crippen molar-refractivity contribution in [2.45, 2.75) is 0 Å². The van der Waals surface area contributed by atoms with Crippen LogP contribution in [0.3, 0.4) is 0 Å². The molecule has 2 heterocycles. The highest BCUT2D eigenvalue weighted by atomic mass is 16.3. The van der Waals surface area contributed by atoms with Gasteiger partial charge in [0.2, 0.25) is 0 Å². The second-order valence-corrected chi connectivity index (χ2v) is 14.3. The summed E-state index contributed by atoms with van der Waals surface area (Å²) in [6.45, 7) is 0. The molecule has 0 unspecified atom stereocenters. The third kappa shape index (κ3) is 4.11. The van der Waals surface area contributed by atoms with Crippen LogP contribution in [0.25, 0.3) is 120 Å². The number of hydrogen-bond acceptors (Lipinski definition) is 2. The Morgan fingerprint density at radius 1 is 0.204 bits per heavy atom. The van der Waals surface area contributed by atoms with E-state index < -0.39 is 0 Å². The fourth-order valence-electron chi connectivity index (χ4n) is 9.18. The van der Waals surface area contributed by atoms with Crippen LogP contribution in [0.1, 0.15) is 0 Å². The lowest BCUT2D eigenvalue weighted by Crippen LogP contribution is -1.94. The van der Waals surface area contributed by atoms with Crippen molar-refractivity contribution in [2.24, 2.45) is 0 Å². The first-order valence-electron chi connectivity index (χ1n) is 18.5. The van der Waals surface area contributed by atoms with Crippen molar-refractivity contribution in [3.8, 4) is 33.4 Å². The van der Waals surface area contributed by atoms with E-state index in [-0.39, 0.29) is 0 Å². The van der Waals surface area contributed by atoms with Crippen molar-refractivity contribution in [1.29, 1.82) is 0 Å². The summed E-state index contributed by atoms with van der Waals surface area (Å²) < 4.78 is 12.8. The van der Waals surface area contributed by atoms with Crippen LogP contribution in [0.15, 0.2) is 191 Å². The minimum Gasteiger partial charge on any atom is -0.456 e. The first-order valence-corrected chi connectivity index (χ1v) is 18.5. The Kier molecular flexibility index (Phi) is 6.09. The molecule has 250 valence electrons. The summed E-state index contributed by atoms with van der Waals surface area (Å²) in [7, 11) is 0. The van der Waals surface area contributed by atoms with E-state index in [0.717, 1.165) is 55.0 Å². The Hall–Kier alpha value is -7.16. The van der Waals surface area contributed by atoms with E-state index >= 15 is 0 Å². The van der Waals surface area contributed by atoms with Gasteiger partial charge in [-0.1, -0.05) is 146 Å². The highest BCUT2D eigenvalue weighted by Gasteiger charge is 2.23. The van der Waals surface area contributed by atoms with Crippen molar-refractivity contribution in [3.05, 3.63) is 182 Å². The summed E-state index contributed by atoms with van der Waals surface area (Å²) in [5.41, 5.74) is 10.9. The van der Waals surface area contributed by atoms with Gasteiger partial charge in [-0.2, -0.15) is 0 Å². The zero-order chi connectivity index (χ0) is 35.3. The minimum atomic E-state index is 0.902. The molecule has 0 amide bonds. The SMILES string of the molecule is c1ccc2c(c1)oc1cc(-c3c4ccccc4c(-c4c5ccccc5c(-c5ccc6c(c5)oc5ccccc56)c5ccccc45)c4ccccc34)ccc12. The molecule has 0 fully saturated rings. The molecule has 54 heavy (non-hydrogen) atoms. The van der Waals surface area contributed by atoms with Crippen LogP contribution >= 0.6 is 0 Å². The van der Waals surface area contributed by atoms with Crippen LogP contribution < -0.4 is 0 Å². The number of benzene rings is 10. The molecule has 0 aliphatic carbocycles. The van der Waals surface area contributed by atoms with E-state index in [0.29, 0.717) is 0 Å². The summed E-state index contributed by atoms with van der Waals surface area (Å²) in [5, 5.41) is 14.3. The Balaban J connectivity index is 1.18. The van der Waals surface area contributed by atoms with Gasteiger partial charge in [0.15, 0.2) is 0 Å². The molecule has 0 saturated carbocycles. The van der Waals surface area contributed by atoms with Gasteiger partial charge in [0, 0.05) is 21.5 Å². The number of para-hydroxylation sites is 2. The largest absolute Gasteiger partial charge is 0.456 e. The van der Waals surface area contributed by atoms with Crippen LogP contribution in [-0.4, -0.2) is 0 Å². The van der Waals surface area contributed by atoms with Crippen LogP contribution in [-0.2, 0) is 0 Å². The van der Waals surface area contributed by atoms with Crippen molar-refractivity contribution in [1.82, 2.24) is 0 Å². The third-order valence-corrected chi connectivity index (χ3v) is 11.4. The molecule has 0 N–H and O–H groups in total. The van der Waals surface area contributed by atoms with Crippen LogP contribution in [0.2, 0.25) is 0 Å². The summed E-state index contributed by atoms with van der Waals surface area (Å²) in [5.74, 6) is 0. The maximum absolute atomic E-state index is 6.41. The molecule has 0 bridgehead atoms. The number of hydrogen-bond donors (Lipinski definition) is 0. The number of rotatable bonds is 3. The van der Waals surface area contributed by atoms with Gasteiger partial charge in [0.25, 0.3) is 0 Å². The molecule has 10 aromatic carbocycles. The molecule has 2 nitrogen and oxygen atoms in total. The van der Waals surface area contributed by atoms with Gasteiger partial charge in [-0.15, -0.1) is 0 Å². The normalized spacial score (nSPS) is 12.1. The van der Waals surface area contributed by atoms with E-state index in [4.69, 9.17) is 8.83 Å². The Morgan fingerprint density at radius 3 is 0.796 bits per heavy atom. The highest BCUT2D eigenvalue weighted by Crippen LogP contribution is 2.50. The monoisotopic (exact) mass is 686 g/mol. The lowest BCUT2D eigenvalue weighted by atomic mass is 9.81. The van der Waals surface area contributed by atoms with E-state index in [9.17, 15) is 0 Å². The first kappa shape index (κ1) is 29.4. The molecule has 2 aromatic heterocycles. The van der Waals surface area contributed by atoms with E-state index in [1.807, 2.05) is 24.3 Å². The highest BCUT2D eigenvalue weighted by molar-refractivity contribution is 6.30. The standard InChI is InChI=1S/C52H30O2/c1-5-19-41-37(15-1)49(31-25-27-35-33-13-9-11-23-45(33)53-47(35)29-31)38-16-2-6-20-42(38)51(41)52-43-21-7-3-17-39(43)50(40-18-4-8-22-44(40)52)32-26-28-36-34-14-10-12-24-46(34)54-48(36)30-32/h1-30H. The van der Waals surface area contributed by atoms with Crippen molar-refractivity contribution in [3.63, 3.8) is 0 Å². The number of furan rings is 2. The van der Waals surface area contributed by atoms with E-state index in [1.54, 1.807) is 0 Å². The van der Waals surface area contributed by atoms with Gasteiger partial charge >= 0.3 is 0 Å². The fraction of sp³-hybridized carbons (Fsp3) is 0. The van der Waals surface area contributed by atoms with Gasteiger partial charge in [0.05, 0.1) is 0 Å². The van der Waals surface area contributed by atoms with Crippen molar-refractivity contribution >= 4 is 87.0 Å². The lowest BCUT2D eigenvalue weighted by Gasteiger charge is -2.22. The molecule has 2 heteroatoms. The third-order valence-electron chi connectivity index (χ3n) is 11.4. The quantitative estimate of drug-likeness (QED) is 0.173. The summed E-state index contributed by atoms with van der Waals surface area (Å²) in [4.78, 5) is 0. The second kappa shape index (κ2) is 11.2. The van der Waals surface area contributed by atoms with Crippen molar-refractivity contribution < 1.29 is 8.83 Å². The average molecular weight is 687 g/mol. The van der Waals surface area contributed by atoms with E-state index in [1.165, 1.54) is 65.3 Å². The smallest absolute Gasteiger partial charge is 0.136 e. The Bertz CT molecular complexity index is 3160. The molecule has 12 rings (SSSR count). The van der Waals surface area contributed by atoms with Gasteiger partial charge < -0.3 is 8.83 Å². The van der Waals surface area contributed by atoms with Crippen LogP contribution in [0.5, 0.6) is 0 Å². The first-order chi connectivity index (χ1) is 26.8. The zero-order valence-corrected chi connectivity index (χ0v) is 29.1. The predicted molar refractivity (Wildman–Crippen MR) is 227 cm³/mol. The van der Waals surface area contributed by atoms with Gasteiger partial charge in [0.1, 0.15) is 22.3 Å². The number of fused-ring (bicyclic) bond motifs is 10. The molecule has 0 saturated heterocycles. The predicted octanol–water partition coefficient (Wildman–Crippen LogP) is 15.1. The molecule has 0 aliphatic rings. The summed E-state index contributed by atoms with van der Waals surface area (Å²) >= 11 is 0. The topological polar surface area (TPSA) is 26.3 Å². The Labute approximate surface area is 310 Å². The fourth-order valence-corrected chi connectivity index (χ4v) is 9.18. The maximum Gasteiger partial charge on any atom is 0.136 e. The van der Waals surface area contributed by atoms with E-state index in [2.05, 4.69) is 158 Å². The second-order valence-electron chi connectivity index (χ2n) is 14.3. The van der Waals surface area contributed by atoms with Gasteiger partial charge in [-0.05, 0) is 113 Å². The molecule has 0 atom stereocenters. The molecule has 0 aliphatic heterocycles. The van der Waals surface area contributed by atoms with Gasteiger partial charge in [-0.25, -0.2) is 0 Å². The molecule has 0 radical (unpaired) electrons. The van der Waals surface area contributed by atoms with Gasteiger partial charge in [-0.3, -0.25) is 0 Å². The van der Waals surface area contributed by atoms with Crippen LogP contribution in [0, 0.1) is 0 Å². The summed E-state index contributed by atoms with van der Waals surface area (Å²) in [6, 6.07) is 65.7.